The number of para-hydroxylation sites is 7. The van der Waals surface area contributed by atoms with Gasteiger partial charge in [-0.2, -0.15) is 9.97 Å². The van der Waals surface area contributed by atoms with E-state index in [4.69, 9.17) is 39.9 Å². The summed E-state index contributed by atoms with van der Waals surface area (Å²) in [5.41, 5.74) is 33.4. The van der Waals surface area contributed by atoms with Crippen molar-refractivity contribution in [2.45, 2.75) is 57.0 Å². The van der Waals surface area contributed by atoms with Gasteiger partial charge in [-0.3, -0.25) is 9.13 Å². The molecule has 14 nitrogen and oxygen atoms in total. The van der Waals surface area contributed by atoms with E-state index in [9.17, 15) is 0 Å². The van der Waals surface area contributed by atoms with Crippen molar-refractivity contribution >= 4 is 131 Å². The van der Waals surface area contributed by atoms with Crippen molar-refractivity contribution in [3.63, 3.8) is 0 Å². The summed E-state index contributed by atoms with van der Waals surface area (Å²) >= 11 is 0. The quantitative estimate of drug-likeness (QED) is 0.0991. The second-order valence-electron chi connectivity index (χ2n) is 39.0. The molecule has 0 aliphatic heterocycles. The van der Waals surface area contributed by atoms with Gasteiger partial charge >= 0.3 is 0 Å². The van der Waals surface area contributed by atoms with E-state index >= 15 is 0 Å². The average Bonchev–Trinajstić information content (AvgIpc) is 1.58. The Morgan fingerprint density at radius 3 is 0.803 bits per heavy atom. The molecular formula is C133H92N14. The van der Waals surface area contributed by atoms with Gasteiger partial charge in [-0.15, -0.1) is 0 Å². The molecule has 28 aromatic rings. The van der Waals surface area contributed by atoms with Crippen molar-refractivity contribution in [2.75, 3.05) is 0 Å². The maximum absolute atomic E-state index is 5.28. The van der Waals surface area contributed by atoms with Crippen LogP contribution in [0.3, 0.4) is 0 Å². The van der Waals surface area contributed by atoms with Crippen molar-refractivity contribution in [3.8, 4) is 125 Å². The minimum Gasteiger partial charge on any atom is -0.337 e. The van der Waals surface area contributed by atoms with Crippen LogP contribution in [-0.4, -0.2) is 67.3 Å². The summed E-state index contributed by atoms with van der Waals surface area (Å²) in [7, 11) is 0. The molecule has 31 rings (SSSR count). The molecule has 0 unspecified atom stereocenters. The van der Waals surface area contributed by atoms with E-state index in [2.05, 4.69) is 367 Å². The fourth-order valence-electron chi connectivity index (χ4n) is 23.0. The molecule has 0 bridgehead atoms. The Morgan fingerprint density at radius 2 is 0.429 bits per heavy atom. The van der Waals surface area contributed by atoms with Gasteiger partial charge in [0, 0.05) is 155 Å². The van der Waals surface area contributed by atoms with Gasteiger partial charge in [0.2, 0.25) is 11.9 Å². The molecule has 0 amide bonds. The smallest absolute Gasteiger partial charge is 0.238 e. The Balaban J connectivity index is 0.000000104. The van der Waals surface area contributed by atoms with E-state index in [1.165, 1.54) is 174 Å². The molecule has 3 aliphatic carbocycles. The molecular weight excluding hydrogens is 1790 g/mol. The van der Waals surface area contributed by atoms with E-state index in [-0.39, 0.29) is 0 Å². The predicted octanol–water partition coefficient (Wildman–Crippen LogP) is 33.0. The summed E-state index contributed by atoms with van der Waals surface area (Å²) in [6, 6.07) is 165. The van der Waals surface area contributed by atoms with E-state index in [1.54, 1.807) is 0 Å². The van der Waals surface area contributed by atoms with E-state index in [1.807, 2.05) is 121 Å². The highest BCUT2D eigenvalue weighted by Gasteiger charge is 2.32. The molecule has 0 radical (unpaired) electrons. The monoisotopic (exact) mass is 1880 g/mol. The molecule has 694 valence electrons. The summed E-state index contributed by atoms with van der Waals surface area (Å²) in [5, 5.41) is 15.0. The maximum Gasteiger partial charge on any atom is 0.238 e. The second-order valence-corrected chi connectivity index (χ2v) is 39.0. The first-order chi connectivity index (χ1) is 72.9. The van der Waals surface area contributed by atoms with Crippen molar-refractivity contribution in [2.24, 2.45) is 0 Å². The molecule has 147 heavy (non-hydrogen) atoms. The molecule has 0 spiro atoms. The summed E-state index contributed by atoms with van der Waals surface area (Å²) in [6.07, 6.45) is 8.20. The Morgan fingerprint density at radius 1 is 0.170 bits per heavy atom. The van der Waals surface area contributed by atoms with Crippen LogP contribution in [0, 0.1) is 0 Å². The molecule has 14 heteroatoms. The Bertz CT molecular complexity index is 10000. The van der Waals surface area contributed by atoms with Gasteiger partial charge in [-0.05, 0) is 212 Å². The zero-order valence-electron chi connectivity index (χ0n) is 80.2. The van der Waals surface area contributed by atoms with Crippen LogP contribution in [0.5, 0.6) is 0 Å². The van der Waals surface area contributed by atoms with Crippen LogP contribution in [0.15, 0.2) is 461 Å². The normalized spacial score (nSPS) is 13.1. The average molecular weight is 1890 g/mol. The largest absolute Gasteiger partial charge is 0.337 e. The van der Waals surface area contributed by atoms with Crippen LogP contribution in [0.2, 0.25) is 0 Å². The first-order valence-electron chi connectivity index (χ1n) is 50.9. The summed E-state index contributed by atoms with van der Waals surface area (Å²) in [6.45, 7) is 0. The first kappa shape index (κ1) is 84.9. The highest BCUT2D eigenvalue weighted by molar-refractivity contribution is 6.17. The van der Waals surface area contributed by atoms with E-state index in [0.29, 0.717) is 47.2 Å². The van der Waals surface area contributed by atoms with Crippen LogP contribution in [0.1, 0.15) is 55.4 Å². The van der Waals surface area contributed by atoms with Crippen LogP contribution in [-0.2, 0) is 12.8 Å². The lowest BCUT2D eigenvalue weighted by Crippen LogP contribution is -2.06. The lowest BCUT2D eigenvalue weighted by atomic mass is 10.0. The van der Waals surface area contributed by atoms with Gasteiger partial charge in [-0.25, -0.2) is 29.9 Å². The van der Waals surface area contributed by atoms with Crippen LogP contribution in [0.25, 0.3) is 256 Å². The van der Waals surface area contributed by atoms with Gasteiger partial charge in [0.05, 0.1) is 49.8 Å². The predicted molar refractivity (Wildman–Crippen MR) is 603 cm³/mol. The number of benzene rings is 19. The van der Waals surface area contributed by atoms with Crippen molar-refractivity contribution < 1.29 is 0 Å². The van der Waals surface area contributed by atoms with Crippen LogP contribution < -0.4 is 0 Å². The number of hydrogen-bond donors (Lipinski definition) is 0. The molecule has 2 fully saturated rings. The highest BCUT2D eigenvalue weighted by atomic mass is 15.2. The third-order valence-electron chi connectivity index (χ3n) is 30.1. The van der Waals surface area contributed by atoms with Gasteiger partial charge < -0.3 is 18.3 Å². The van der Waals surface area contributed by atoms with Crippen LogP contribution >= 0.6 is 0 Å². The second kappa shape index (κ2) is 35.0. The minimum atomic E-state index is 0.603. The fourth-order valence-corrected chi connectivity index (χ4v) is 23.0. The Labute approximate surface area is 846 Å². The topological polar surface area (TPSA) is 133 Å². The lowest BCUT2D eigenvalue weighted by Gasteiger charge is -2.13. The molecule has 0 N–H and O–H groups in total. The van der Waals surface area contributed by atoms with Gasteiger partial charge in [0.25, 0.3) is 0 Å². The summed E-state index contributed by atoms with van der Waals surface area (Å²) < 4.78 is 14.3. The molecule has 9 aromatic heterocycles. The number of fused-ring (bicyclic) bond motifs is 19. The highest BCUT2D eigenvalue weighted by Crippen LogP contribution is 2.49. The molecule has 19 aromatic carbocycles. The van der Waals surface area contributed by atoms with Gasteiger partial charge in [0.1, 0.15) is 0 Å². The van der Waals surface area contributed by atoms with Crippen molar-refractivity contribution in [3.05, 3.63) is 472 Å². The van der Waals surface area contributed by atoms with Gasteiger partial charge in [0.15, 0.2) is 29.1 Å². The van der Waals surface area contributed by atoms with Gasteiger partial charge in [-0.1, -0.05) is 328 Å². The SMILES string of the molecule is c1ccc(-c2nc(-c3ccccc3)nc(-c3cccc(-n4c5ccccc5c5cc(-c6ccc7c(c6)c6ccccc6n7C6CC6)ccc54)c3)n2)cc1.c1ccc(-c2nc(-c3ccccc3)nc(-n3c4ccccc4c4cc(-c5ccc6c(c5)c5ccccc5n6C5CC5)ccc43)n2)cc1.c1ccc(-c2nc(-n3c4ccccc4c4cc(-c5ccc6c(c5)c5ccccc5n6-c5ccccc5)ccc43)nc3c2CCC3)cc1. The summed E-state index contributed by atoms with van der Waals surface area (Å²) in [4.78, 5) is 40.5. The minimum absolute atomic E-state index is 0.603. The van der Waals surface area contributed by atoms with Crippen molar-refractivity contribution in [1.82, 2.24) is 67.3 Å². The Hall–Kier alpha value is -18.9. The Kier molecular flexibility index (Phi) is 20.2. The first-order valence-corrected chi connectivity index (χ1v) is 50.9. The molecule has 3 aliphatic rings. The number of nitrogens with zero attached hydrogens (tertiary/aromatic N) is 14. The van der Waals surface area contributed by atoms with E-state index < -0.39 is 0 Å². The lowest BCUT2D eigenvalue weighted by molar-refractivity contribution is 0.805. The zero-order valence-corrected chi connectivity index (χ0v) is 80.2. The molecule has 0 atom stereocenters. The van der Waals surface area contributed by atoms with E-state index in [0.717, 1.165) is 103 Å². The fraction of sp³-hybridized carbons (Fsp3) is 0.0677. The van der Waals surface area contributed by atoms with Crippen LogP contribution in [0.4, 0.5) is 0 Å². The third-order valence-corrected chi connectivity index (χ3v) is 30.1. The number of rotatable bonds is 15. The third kappa shape index (κ3) is 14.8. The number of aromatic nitrogens is 14. The molecule has 2 saturated carbocycles. The number of aryl methyl sites for hydroxylation is 1. The summed E-state index contributed by atoms with van der Waals surface area (Å²) in [5.74, 6) is 4.59. The maximum atomic E-state index is 5.28. The zero-order chi connectivity index (χ0) is 96.7. The molecule has 0 saturated heterocycles. The van der Waals surface area contributed by atoms with Crippen molar-refractivity contribution in [1.29, 1.82) is 0 Å². The molecule has 9 heterocycles. The standard InChI is InChI=1S/C48H33N5.C43H30N4.C42H29N5/c1-3-12-31(13-4-1)46-49-47(32-14-5-2-6-15-32)51-48(50-46)35-16-11-17-37(28-35)53-43-21-10-8-19-39(43)41-30-34(23-27-45(41)53)33-22-26-44-40(29-33)38-18-7-9-20-42(38)52(44)36-24-25-36;1-3-12-28(13-4-1)42-34-18-11-19-37(34)44-43(45-42)47-39-21-10-8-17-33(39)36-27-30(23-25-41(36)47)29-22-24-40-35(26-29)32-16-7-9-20-38(32)46(40)31-14-5-2-6-15-31;1-3-11-27(12-4-1)40-43-41(28-13-5-2-6-14-28)45-42(44-40)47-37-18-10-8-16-33(37)35-26-30(20-24-39(35)47)29-19-23-38-34(25-29)32-15-7-9-17-36(32)46(38)31-21-22-31/h1-23,26-30,36H,24-25H2;1-10,12-17,20-27H,11,18-19H2;1-20,23-26,31H,21-22H2. The number of hydrogen-bond acceptors (Lipinski definition) is 8.